The minimum absolute atomic E-state index is 0.0447. The highest BCUT2D eigenvalue weighted by Crippen LogP contribution is 2.06. The monoisotopic (exact) mass is 401 g/mol. The Morgan fingerprint density at radius 2 is 1.39 bits per heavy atom. The summed E-state index contributed by atoms with van der Waals surface area (Å²) in [7, 11) is 0. The Morgan fingerprint density at radius 3 is 1.86 bits per heavy atom. The van der Waals surface area contributed by atoms with Crippen molar-refractivity contribution in [3.8, 4) is 0 Å². The van der Waals surface area contributed by atoms with E-state index >= 15 is 0 Å². The number of amides is 4. The fourth-order valence-electron chi connectivity index (χ4n) is 2.19. The molecule has 0 aromatic carbocycles. The number of rotatable bonds is 12. The van der Waals surface area contributed by atoms with Gasteiger partial charge in [0.25, 0.3) is 0 Å². The number of carboxylic acid groups (broad SMARTS) is 1. The number of nitrogens with two attached hydrogens (primary N) is 2. The zero-order valence-corrected chi connectivity index (χ0v) is 16.7. The van der Waals surface area contributed by atoms with E-state index in [0.717, 1.165) is 0 Å². The Labute approximate surface area is 164 Å². The first-order valence-electron chi connectivity index (χ1n) is 9.02. The topological polar surface area (TPSA) is 194 Å². The Kier molecular flexibility index (Phi) is 10.8. The molecule has 0 aliphatic carbocycles. The number of nitrogens with one attached hydrogen (secondary N) is 3. The summed E-state index contributed by atoms with van der Waals surface area (Å²) in [4.78, 5) is 58.3. The summed E-state index contributed by atoms with van der Waals surface area (Å²) in [6.07, 6.45) is 0.275. The van der Waals surface area contributed by atoms with Crippen LogP contribution in [0.25, 0.3) is 0 Å². The average Bonchev–Trinajstić information content (AvgIpc) is 2.57. The van der Waals surface area contributed by atoms with Gasteiger partial charge in [-0.2, -0.15) is 0 Å². The first-order chi connectivity index (χ1) is 12.8. The third kappa shape index (κ3) is 9.86. The number of aliphatic carboxylic acids is 1. The summed E-state index contributed by atoms with van der Waals surface area (Å²) in [6.45, 7) is 6.40. The van der Waals surface area contributed by atoms with Crippen molar-refractivity contribution >= 4 is 29.6 Å². The molecule has 0 fully saturated rings. The lowest BCUT2D eigenvalue weighted by Crippen LogP contribution is -2.56. The Balaban J connectivity index is 4.92. The van der Waals surface area contributed by atoms with Gasteiger partial charge in [-0.05, 0) is 32.6 Å². The van der Waals surface area contributed by atoms with Crippen molar-refractivity contribution in [1.82, 2.24) is 16.0 Å². The number of primary amides is 1. The Bertz CT molecular complexity index is 595. The molecule has 0 spiro atoms. The van der Waals surface area contributed by atoms with E-state index in [2.05, 4.69) is 16.0 Å². The summed E-state index contributed by atoms with van der Waals surface area (Å²) >= 11 is 0. The third-order valence-corrected chi connectivity index (χ3v) is 3.86. The van der Waals surface area contributed by atoms with Crippen LogP contribution in [0.2, 0.25) is 0 Å². The lowest BCUT2D eigenvalue weighted by Gasteiger charge is -2.24. The molecule has 0 heterocycles. The van der Waals surface area contributed by atoms with Gasteiger partial charge in [0.1, 0.15) is 18.1 Å². The average molecular weight is 401 g/mol. The molecule has 0 rings (SSSR count). The van der Waals surface area contributed by atoms with Gasteiger partial charge in [-0.25, -0.2) is 0 Å². The van der Waals surface area contributed by atoms with E-state index in [4.69, 9.17) is 16.6 Å². The maximum absolute atomic E-state index is 12.5. The normalized spacial score (nSPS) is 15.1. The van der Waals surface area contributed by atoms with Crippen LogP contribution in [0.5, 0.6) is 0 Å². The maximum Gasteiger partial charge on any atom is 0.325 e. The standard InChI is InChI=1S/C17H31N5O6/c1-8(2)7-12(22-15(25)11(18)5-6-13(19)23)16(26)20-9(3)14(24)21-10(4)17(27)28/h8-12H,5-7,18H2,1-4H3,(H2,19,23)(H,20,26)(H,21,24)(H,22,25)(H,27,28). The Hall–Kier alpha value is -2.69. The number of hydrogen-bond acceptors (Lipinski definition) is 6. The first kappa shape index (κ1) is 25.3. The highest BCUT2D eigenvalue weighted by Gasteiger charge is 2.27. The summed E-state index contributed by atoms with van der Waals surface area (Å²) in [5.74, 6) is -3.63. The van der Waals surface area contributed by atoms with Crippen molar-refractivity contribution in [3.63, 3.8) is 0 Å². The lowest BCUT2D eigenvalue weighted by atomic mass is 10.0. The molecule has 11 heteroatoms. The first-order valence-corrected chi connectivity index (χ1v) is 9.02. The number of carbonyl (C=O) groups is 5. The van der Waals surface area contributed by atoms with Gasteiger partial charge in [-0.1, -0.05) is 13.8 Å². The Morgan fingerprint density at radius 1 is 0.857 bits per heavy atom. The molecule has 0 aliphatic rings. The van der Waals surface area contributed by atoms with Crippen LogP contribution in [-0.4, -0.2) is 58.9 Å². The van der Waals surface area contributed by atoms with Gasteiger partial charge in [-0.3, -0.25) is 24.0 Å². The van der Waals surface area contributed by atoms with Crippen molar-refractivity contribution in [2.45, 2.75) is 71.1 Å². The molecule has 4 unspecified atom stereocenters. The molecular formula is C17H31N5O6. The van der Waals surface area contributed by atoms with Crippen LogP contribution in [0.4, 0.5) is 0 Å². The summed E-state index contributed by atoms with van der Waals surface area (Å²) in [5, 5.41) is 16.0. The molecule has 0 radical (unpaired) electrons. The van der Waals surface area contributed by atoms with Crippen LogP contribution >= 0.6 is 0 Å². The maximum atomic E-state index is 12.5. The molecule has 0 saturated heterocycles. The van der Waals surface area contributed by atoms with E-state index in [1.807, 2.05) is 13.8 Å². The van der Waals surface area contributed by atoms with Gasteiger partial charge in [0, 0.05) is 6.42 Å². The molecule has 4 atom stereocenters. The molecule has 0 aromatic heterocycles. The minimum atomic E-state index is -1.21. The van der Waals surface area contributed by atoms with Crippen LogP contribution < -0.4 is 27.4 Å². The van der Waals surface area contributed by atoms with Gasteiger partial charge in [0.15, 0.2) is 0 Å². The highest BCUT2D eigenvalue weighted by atomic mass is 16.4. The summed E-state index contributed by atoms with van der Waals surface area (Å²) in [6, 6.07) is -4.07. The molecule has 8 N–H and O–H groups in total. The van der Waals surface area contributed by atoms with Gasteiger partial charge in [0.2, 0.25) is 23.6 Å². The second kappa shape index (κ2) is 11.9. The van der Waals surface area contributed by atoms with E-state index in [1.165, 1.54) is 13.8 Å². The second-order valence-corrected chi connectivity index (χ2v) is 7.10. The van der Waals surface area contributed by atoms with Crippen molar-refractivity contribution < 1.29 is 29.1 Å². The van der Waals surface area contributed by atoms with Crippen LogP contribution in [0.1, 0.15) is 47.0 Å². The van der Waals surface area contributed by atoms with Crippen molar-refractivity contribution in [1.29, 1.82) is 0 Å². The van der Waals surface area contributed by atoms with Gasteiger partial charge in [-0.15, -0.1) is 0 Å². The molecule has 0 aromatic rings. The SMILES string of the molecule is CC(C)CC(NC(=O)C(N)CCC(N)=O)C(=O)NC(C)C(=O)NC(C)C(=O)O. The predicted octanol–water partition coefficient (Wildman–Crippen LogP) is -1.80. The van der Waals surface area contributed by atoms with Crippen molar-refractivity contribution in [2.24, 2.45) is 17.4 Å². The van der Waals surface area contributed by atoms with E-state index in [-0.39, 0.29) is 18.8 Å². The molecule has 160 valence electrons. The van der Waals surface area contributed by atoms with Gasteiger partial charge >= 0.3 is 5.97 Å². The molecule has 4 amide bonds. The quantitative estimate of drug-likeness (QED) is 0.222. The van der Waals surface area contributed by atoms with Crippen LogP contribution in [0.15, 0.2) is 0 Å². The highest BCUT2D eigenvalue weighted by molar-refractivity contribution is 5.93. The number of hydrogen-bond donors (Lipinski definition) is 6. The molecule has 28 heavy (non-hydrogen) atoms. The summed E-state index contributed by atoms with van der Waals surface area (Å²) < 4.78 is 0. The van der Waals surface area contributed by atoms with E-state index in [9.17, 15) is 24.0 Å². The molecule has 0 aliphatic heterocycles. The lowest BCUT2D eigenvalue weighted by molar-refractivity contribution is -0.141. The van der Waals surface area contributed by atoms with E-state index < -0.39 is 53.8 Å². The number of carboxylic acids is 1. The molecule has 0 bridgehead atoms. The van der Waals surface area contributed by atoms with Crippen LogP contribution in [-0.2, 0) is 24.0 Å². The predicted molar refractivity (Wildman–Crippen MR) is 101 cm³/mol. The molecule has 0 saturated carbocycles. The smallest absolute Gasteiger partial charge is 0.325 e. The molecule has 11 nitrogen and oxygen atoms in total. The number of carbonyl (C=O) groups excluding carboxylic acids is 4. The van der Waals surface area contributed by atoms with E-state index in [1.54, 1.807) is 0 Å². The third-order valence-electron chi connectivity index (χ3n) is 3.86. The summed E-state index contributed by atoms with van der Waals surface area (Å²) in [5.41, 5.74) is 10.7. The van der Waals surface area contributed by atoms with Crippen molar-refractivity contribution in [2.75, 3.05) is 0 Å². The van der Waals surface area contributed by atoms with Gasteiger partial charge < -0.3 is 32.5 Å². The largest absolute Gasteiger partial charge is 0.480 e. The molecular weight excluding hydrogens is 370 g/mol. The van der Waals surface area contributed by atoms with Crippen molar-refractivity contribution in [3.05, 3.63) is 0 Å². The van der Waals surface area contributed by atoms with Crippen LogP contribution in [0.3, 0.4) is 0 Å². The zero-order valence-electron chi connectivity index (χ0n) is 16.7. The minimum Gasteiger partial charge on any atom is -0.480 e. The fourth-order valence-corrected chi connectivity index (χ4v) is 2.19. The van der Waals surface area contributed by atoms with Crippen LogP contribution in [0, 0.1) is 5.92 Å². The second-order valence-electron chi connectivity index (χ2n) is 7.10. The van der Waals surface area contributed by atoms with Gasteiger partial charge in [0.05, 0.1) is 6.04 Å². The van der Waals surface area contributed by atoms with E-state index in [0.29, 0.717) is 6.42 Å². The zero-order chi connectivity index (χ0) is 22.0. The fraction of sp³-hybridized carbons (Fsp3) is 0.706.